The number of amides is 1. The van der Waals surface area contributed by atoms with Crippen molar-refractivity contribution in [2.45, 2.75) is 25.9 Å². The Labute approximate surface area is 153 Å². The van der Waals surface area contributed by atoms with E-state index in [1.54, 1.807) is 31.0 Å². The molecule has 0 aliphatic rings. The average molecular weight is 383 g/mol. The molecule has 5 nitrogen and oxygen atoms in total. The lowest BCUT2D eigenvalue weighted by Crippen LogP contribution is -2.40. The summed E-state index contributed by atoms with van der Waals surface area (Å²) in [6.45, 7) is 2.71. The van der Waals surface area contributed by atoms with Gasteiger partial charge in [0.1, 0.15) is 0 Å². The van der Waals surface area contributed by atoms with Crippen LogP contribution in [0.1, 0.15) is 18.9 Å². The molecule has 0 aliphatic carbocycles. The Bertz CT molecular complexity index is 504. The quantitative estimate of drug-likeness (QED) is 0.686. The maximum atomic E-state index is 11.9. The van der Waals surface area contributed by atoms with E-state index < -0.39 is 6.04 Å². The van der Waals surface area contributed by atoms with Gasteiger partial charge in [-0.15, -0.1) is 12.4 Å². The first-order valence-electron chi connectivity index (χ1n) is 7.04. The Morgan fingerprint density at radius 3 is 2.74 bits per heavy atom. The number of thioether (sulfide) groups is 1. The molecule has 3 N–H and O–H groups in total. The molecule has 0 saturated heterocycles. The summed E-state index contributed by atoms with van der Waals surface area (Å²) in [4.78, 5) is 11.9. The van der Waals surface area contributed by atoms with Gasteiger partial charge in [-0.25, -0.2) is 0 Å². The van der Waals surface area contributed by atoms with Gasteiger partial charge in [0.15, 0.2) is 11.5 Å². The summed E-state index contributed by atoms with van der Waals surface area (Å²) in [6, 6.07) is 3.06. The fourth-order valence-corrected chi connectivity index (χ4v) is 2.63. The number of nitrogens with one attached hydrogen (secondary N) is 1. The second-order valence-electron chi connectivity index (χ2n) is 4.65. The van der Waals surface area contributed by atoms with Crippen LogP contribution in [0.15, 0.2) is 12.1 Å². The van der Waals surface area contributed by atoms with E-state index >= 15 is 0 Å². The van der Waals surface area contributed by atoms with Crippen molar-refractivity contribution in [1.29, 1.82) is 0 Å². The Hall–Kier alpha value is -0.820. The molecule has 0 saturated carbocycles. The van der Waals surface area contributed by atoms with E-state index in [0.717, 1.165) is 11.3 Å². The standard InChI is InChI=1S/C15H23ClN2O3S.ClH/c1-4-21-14-11(16)7-10(8-13(14)20-2)9-18-15(19)12(17)5-6-22-3;/h7-8,12H,4-6,9,17H2,1-3H3,(H,18,19);1H/t12-;/m0./s1. The molecule has 23 heavy (non-hydrogen) atoms. The second-order valence-corrected chi connectivity index (χ2v) is 6.04. The van der Waals surface area contributed by atoms with Crippen LogP contribution >= 0.6 is 35.8 Å². The van der Waals surface area contributed by atoms with Crippen LogP contribution in [-0.2, 0) is 11.3 Å². The third kappa shape index (κ3) is 7.08. The minimum atomic E-state index is -0.493. The zero-order valence-electron chi connectivity index (χ0n) is 13.6. The van der Waals surface area contributed by atoms with Gasteiger partial charge in [-0.05, 0) is 43.0 Å². The molecule has 0 unspecified atom stereocenters. The number of nitrogens with two attached hydrogens (primary N) is 1. The summed E-state index contributed by atoms with van der Waals surface area (Å²) in [5, 5.41) is 3.27. The van der Waals surface area contributed by atoms with Crippen LogP contribution in [0.3, 0.4) is 0 Å². The minimum absolute atomic E-state index is 0. The zero-order valence-corrected chi connectivity index (χ0v) is 15.9. The second kappa shape index (κ2) is 11.7. The molecule has 132 valence electrons. The number of benzene rings is 1. The number of methoxy groups -OCH3 is 1. The van der Waals surface area contributed by atoms with Gasteiger partial charge in [-0.1, -0.05) is 11.6 Å². The molecule has 0 radical (unpaired) electrons. The Morgan fingerprint density at radius 2 is 2.17 bits per heavy atom. The van der Waals surface area contributed by atoms with Crippen molar-refractivity contribution in [3.05, 3.63) is 22.7 Å². The molecule has 1 amide bonds. The number of ether oxygens (including phenoxy) is 2. The number of carbonyl (C=O) groups excluding carboxylic acids is 1. The highest BCUT2D eigenvalue weighted by molar-refractivity contribution is 7.98. The van der Waals surface area contributed by atoms with E-state index in [9.17, 15) is 4.79 Å². The van der Waals surface area contributed by atoms with Crippen molar-refractivity contribution >= 4 is 41.7 Å². The maximum Gasteiger partial charge on any atom is 0.237 e. The molecular weight excluding hydrogens is 359 g/mol. The van der Waals surface area contributed by atoms with Crippen molar-refractivity contribution in [1.82, 2.24) is 5.32 Å². The number of carbonyl (C=O) groups is 1. The fourth-order valence-electron chi connectivity index (χ4n) is 1.86. The molecule has 0 spiro atoms. The molecule has 0 aliphatic heterocycles. The van der Waals surface area contributed by atoms with Gasteiger partial charge in [-0.2, -0.15) is 11.8 Å². The molecule has 0 fully saturated rings. The van der Waals surface area contributed by atoms with Crippen LogP contribution in [0.4, 0.5) is 0 Å². The molecular formula is C15H24Cl2N2O3S. The lowest BCUT2D eigenvalue weighted by atomic mass is 10.1. The van der Waals surface area contributed by atoms with Crippen LogP contribution in [0.25, 0.3) is 0 Å². The van der Waals surface area contributed by atoms with Gasteiger partial charge in [0.05, 0.1) is 24.8 Å². The summed E-state index contributed by atoms with van der Waals surface area (Å²) in [7, 11) is 1.55. The highest BCUT2D eigenvalue weighted by Crippen LogP contribution is 2.36. The number of rotatable bonds is 9. The van der Waals surface area contributed by atoms with Gasteiger partial charge < -0.3 is 20.5 Å². The highest BCUT2D eigenvalue weighted by Gasteiger charge is 2.15. The van der Waals surface area contributed by atoms with E-state index in [-0.39, 0.29) is 18.3 Å². The molecule has 1 aromatic carbocycles. The topological polar surface area (TPSA) is 73.6 Å². The molecule has 8 heteroatoms. The predicted octanol–water partition coefficient (Wildman–Crippen LogP) is 2.87. The van der Waals surface area contributed by atoms with Crippen LogP contribution in [0.2, 0.25) is 5.02 Å². The van der Waals surface area contributed by atoms with Crippen LogP contribution in [0, 0.1) is 0 Å². The highest BCUT2D eigenvalue weighted by atomic mass is 35.5. The predicted molar refractivity (Wildman–Crippen MR) is 99.2 cm³/mol. The Kier molecular flexibility index (Phi) is 11.3. The summed E-state index contributed by atoms with van der Waals surface area (Å²) >= 11 is 7.86. The van der Waals surface area contributed by atoms with Crippen LogP contribution in [-0.4, -0.2) is 37.7 Å². The summed E-state index contributed by atoms with van der Waals surface area (Å²) in [5.41, 5.74) is 6.65. The molecule has 0 bridgehead atoms. The molecule has 1 aromatic rings. The Balaban J connectivity index is 0.00000484. The van der Waals surface area contributed by atoms with E-state index in [4.69, 9.17) is 26.8 Å². The summed E-state index contributed by atoms with van der Waals surface area (Å²) in [6.07, 6.45) is 2.64. The van der Waals surface area contributed by atoms with Crippen LogP contribution in [0.5, 0.6) is 11.5 Å². The van der Waals surface area contributed by atoms with Crippen molar-refractivity contribution in [2.75, 3.05) is 25.7 Å². The van der Waals surface area contributed by atoms with E-state index in [1.807, 2.05) is 13.2 Å². The van der Waals surface area contributed by atoms with Gasteiger partial charge in [-0.3, -0.25) is 4.79 Å². The third-order valence-corrected chi connectivity index (χ3v) is 3.94. The lowest BCUT2D eigenvalue weighted by molar-refractivity contribution is -0.122. The third-order valence-electron chi connectivity index (χ3n) is 3.01. The largest absolute Gasteiger partial charge is 0.493 e. The first kappa shape index (κ1) is 22.2. The first-order valence-corrected chi connectivity index (χ1v) is 8.82. The van der Waals surface area contributed by atoms with Gasteiger partial charge in [0, 0.05) is 6.54 Å². The minimum Gasteiger partial charge on any atom is -0.493 e. The van der Waals surface area contributed by atoms with E-state index in [2.05, 4.69) is 5.32 Å². The fraction of sp³-hybridized carbons (Fsp3) is 0.533. The summed E-state index contributed by atoms with van der Waals surface area (Å²) < 4.78 is 10.7. The lowest BCUT2D eigenvalue weighted by Gasteiger charge is -2.15. The summed E-state index contributed by atoms with van der Waals surface area (Å²) in [5.74, 6) is 1.75. The smallest absolute Gasteiger partial charge is 0.237 e. The molecule has 1 rings (SSSR count). The van der Waals surface area contributed by atoms with Gasteiger partial charge >= 0.3 is 0 Å². The molecule has 1 atom stereocenters. The van der Waals surface area contributed by atoms with Gasteiger partial charge in [0.25, 0.3) is 0 Å². The normalized spacial score (nSPS) is 11.3. The van der Waals surface area contributed by atoms with E-state index in [0.29, 0.717) is 36.1 Å². The number of hydrogen-bond donors (Lipinski definition) is 2. The van der Waals surface area contributed by atoms with Crippen molar-refractivity contribution in [3.8, 4) is 11.5 Å². The zero-order chi connectivity index (χ0) is 16.5. The average Bonchev–Trinajstić information content (AvgIpc) is 2.52. The molecule has 0 aromatic heterocycles. The van der Waals surface area contributed by atoms with Crippen molar-refractivity contribution in [2.24, 2.45) is 5.73 Å². The van der Waals surface area contributed by atoms with Crippen LogP contribution < -0.4 is 20.5 Å². The first-order chi connectivity index (χ1) is 10.5. The number of halogens is 2. The molecule has 0 heterocycles. The van der Waals surface area contributed by atoms with Gasteiger partial charge in [0.2, 0.25) is 5.91 Å². The van der Waals surface area contributed by atoms with Crippen molar-refractivity contribution < 1.29 is 14.3 Å². The Morgan fingerprint density at radius 1 is 1.48 bits per heavy atom. The van der Waals surface area contributed by atoms with Crippen molar-refractivity contribution in [3.63, 3.8) is 0 Å². The SMILES string of the molecule is CCOc1c(Cl)cc(CNC(=O)[C@@H](N)CCSC)cc1OC.Cl. The van der Waals surface area contributed by atoms with E-state index in [1.165, 1.54) is 0 Å². The monoisotopic (exact) mass is 382 g/mol. The number of hydrogen-bond acceptors (Lipinski definition) is 5. The maximum absolute atomic E-state index is 11.9.